The van der Waals surface area contributed by atoms with Crippen LogP contribution < -0.4 is 15.8 Å². The predicted octanol–water partition coefficient (Wildman–Crippen LogP) is 2.38. The second kappa shape index (κ2) is 9.19. The molecule has 3 N–H and O–H groups in total. The number of carbonyl (C=O) groups is 3. The van der Waals surface area contributed by atoms with E-state index in [-0.39, 0.29) is 0 Å². The molecule has 2 amide bonds. The summed E-state index contributed by atoms with van der Waals surface area (Å²) >= 11 is 0. The van der Waals surface area contributed by atoms with Crippen LogP contribution in [0.2, 0.25) is 0 Å². The molecule has 0 aromatic heterocycles. The van der Waals surface area contributed by atoms with Crippen molar-refractivity contribution in [3.8, 4) is 5.75 Å². The van der Waals surface area contributed by atoms with Gasteiger partial charge in [0.2, 0.25) is 5.91 Å². The van der Waals surface area contributed by atoms with Crippen LogP contribution in [0.1, 0.15) is 22.8 Å². The van der Waals surface area contributed by atoms with Gasteiger partial charge in [-0.1, -0.05) is 12.1 Å². The quantitative estimate of drug-likeness (QED) is 0.576. The Hall–Kier alpha value is -3.61. The van der Waals surface area contributed by atoms with Crippen molar-refractivity contribution >= 4 is 29.5 Å². The zero-order valence-corrected chi connectivity index (χ0v) is 15.0. The minimum atomic E-state index is -0.992. The fraction of sp³-hybridized carbons (Fsp3) is 0.150. The lowest BCUT2D eigenvalue weighted by Gasteiger charge is -2.12. The summed E-state index contributed by atoms with van der Waals surface area (Å²) in [5, 5.41) is 2.59. The maximum Gasteiger partial charge on any atom is 0.331 e. The van der Waals surface area contributed by atoms with Gasteiger partial charge in [-0.25, -0.2) is 4.79 Å². The fourth-order valence-electron chi connectivity index (χ4n) is 2.11. The van der Waals surface area contributed by atoms with Gasteiger partial charge in [0.15, 0.2) is 6.10 Å². The largest absolute Gasteiger partial charge is 0.497 e. The van der Waals surface area contributed by atoms with Crippen molar-refractivity contribution in [3.05, 3.63) is 65.7 Å². The van der Waals surface area contributed by atoms with Crippen molar-refractivity contribution in [3.63, 3.8) is 0 Å². The molecule has 2 aromatic carbocycles. The number of nitrogens with two attached hydrogens (primary N) is 1. The molecular formula is C20H20N2O5. The van der Waals surface area contributed by atoms with Gasteiger partial charge < -0.3 is 20.5 Å². The summed E-state index contributed by atoms with van der Waals surface area (Å²) in [5.74, 6) is -0.978. The summed E-state index contributed by atoms with van der Waals surface area (Å²) in [6.45, 7) is 1.46. The van der Waals surface area contributed by atoms with Crippen LogP contribution in [-0.4, -0.2) is 31.0 Å². The molecule has 0 aliphatic carbocycles. The summed E-state index contributed by atoms with van der Waals surface area (Å²) in [5.41, 5.74) is 6.74. The van der Waals surface area contributed by atoms with E-state index in [4.69, 9.17) is 15.2 Å². The first kappa shape index (κ1) is 19.7. The lowest BCUT2D eigenvalue weighted by molar-refractivity contribution is -0.148. The van der Waals surface area contributed by atoms with Gasteiger partial charge in [-0.05, 0) is 55.0 Å². The first-order valence-electron chi connectivity index (χ1n) is 8.12. The summed E-state index contributed by atoms with van der Waals surface area (Å²) < 4.78 is 10.1. The number of hydrogen-bond acceptors (Lipinski definition) is 5. The Morgan fingerprint density at radius 2 is 1.67 bits per heavy atom. The van der Waals surface area contributed by atoms with E-state index in [1.807, 2.05) is 0 Å². The molecule has 0 spiro atoms. The van der Waals surface area contributed by atoms with Gasteiger partial charge in [-0.15, -0.1) is 0 Å². The third kappa shape index (κ3) is 6.00. The number of hydrogen-bond donors (Lipinski definition) is 2. The maximum atomic E-state index is 12.1. The van der Waals surface area contributed by atoms with Crippen molar-refractivity contribution in [2.75, 3.05) is 12.4 Å². The van der Waals surface area contributed by atoms with E-state index >= 15 is 0 Å². The van der Waals surface area contributed by atoms with Gasteiger partial charge in [0.25, 0.3) is 5.91 Å². The van der Waals surface area contributed by atoms with Crippen molar-refractivity contribution in [1.29, 1.82) is 0 Å². The molecule has 0 radical (unpaired) electrons. The highest BCUT2D eigenvalue weighted by molar-refractivity contribution is 5.97. The number of nitrogens with one attached hydrogen (secondary N) is 1. The zero-order valence-electron chi connectivity index (χ0n) is 15.0. The van der Waals surface area contributed by atoms with Crippen molar-refractivity contribution in [1.82, 2.24) is 0 Å². The molecule has 140 valence electrons. The Morgan fingerprint density at radius 1 is 1.04 bits per heavy atom. The lowest BCUT2D eigenvalue weighted by atomic mass is 10.2. The molecule has 0 aliphatic heterocycles. The number of rotatable bonds is 7. The fourth-order valence-corrected chi connectivity index (χ4v) is 2.11. The van der Waals surface area contributed by atoms with E-state index in [1.165, 1.54) is 37.3 Å². The highest BCUT2D eigenvalue weighted by Crippen LogP contribution is 2.13. The highest BCUT2D eigenvalue weighted by atomic mass is 16.5. The summed E-state index contributed by atoms with van der Waals surface area (Å²) in [4.78, 5) is 35.0. The number of benzene rings is 2. The van der Waals surface area contributed by atoms with Crippen molar-refractivity contribution in [2.24, 2.45) is 5.73 Å². The van der Waals surface area contributed by atoms with Crippen LogP contribution in [0.5, 0.6) is 5.75 Å². The standard InChI is InChI=1S/C20H20N2O5/c1-13(20(25)22-16-8-6-15(7-9-16)19(21)24)27-18(23)12-5-14-3-10-17(26-2)11-4-14/h3-13H,1-2H3,(H2,21,24)(H,22,25)/b12-5+/t13-/m0/s1. The number of carbonyl (C=O) groups excluding carboxylic acids is 3. The molecule has 0 unspecified atom stereocenters. The molecule has 0 saturated heterocycles. The summed E-state index contributed by atoms with van der Waals surface area (Å²) in [6.07, 6.45) is 1.83. The van der Waals surface area contributed by atoms with Gasteiger partial charge in [0, 0.05) is 17.3 Å². The number of anilines is 1. The molecular weight excluding hydrogens is 348 g/mol. The molecule has 0 bridgehead atoms. The number of esters is 1. The van der Waals surface area contributed by atoms with Gasteiger partial charge in [0.05, 0.1) is 7.11 Å². The molecule has 7 nitrogen and oxygen atoms in total. The van der Waals surface area contributed by atoms with E-state index in [2.05, 4.69) is 5.32 Å². The molecule has 2 aromatic rings. The first-order valence-corrected chi connectivity index (χ1v) is 8.12. The van der Waals surface area contributed by atoms with Crippen LogP contribution in [0, 0.1) is 0 Å². The average molecular weight is 368 g/mol. The van der Waals surface area contributed by atoms with Crippen LogP contribution in [0.15, 0.2) is 54.6 Å². The lowest BCUT2D eigenvalue weighted by Crippen LogP contribution is -2.29. The third-order valence-electron chi connectivity index (χ3n) is 3.63. The molecule has 0 heterocycles. The van der Waals surface area contributed by atoms with E-state index in [0.717, 1.165) is 5.56 Å². The zero-order chi connectivity index (χ0) is 19.8. The van der Waals surface area contributed by atoms with Crippen LogP contribution in [0.3, 0.4) is 0 Å². The monoisotopic (exact) mass is 368 g/mol. The molecule has 1 atom stereocenters. The van der Waals surface area contributed by atoms with Crippen LogP contribution in [0.25, 0.3) is 6.08 Å². The molecule has 0 saturated carbocycles. The van der Waals surface area contributed by atoms with Crippen LogP contribution in [-0.2, 0) is 14.3 Å². The van der Waals surface area contributed by atoms with Crippen molar-refractivity contribution in [2.45, 2.75) is 13.0 Å². The second-order valence-corrected chi connectivity index (χ2v) is 5.62. The Balaban J connectivity index is 1.87. The normalized spacial score (nSPS) is 11.6. The number of amides is 2. The third-order valence-corrected chi connectivity index (χ3v) is 3.63. The molecule has 0 fully saturated rings. The molecule has 27 heavy (non-hydrogen) atoms. The highest BCUT2D eigenvalue weighted by Gasteiger charge is 2.16. The SMILES string of the molecule is COc1ccc(/C=C/C(=O)O[C@@H](C)C(=O)Nc2ccc(C(N)=O)cc2)cc1. The van der Waals surface area contributed by atoms with E-state index in [0.29, 0.717) is 17.0 Å². The van der Waals surface area contributed by atoms with Gasteiger partial charge in [-0.3, -0.25) is 9.59 Å². The topological polar surface area (TPSA) is 108 Å². The molecule has 2 rings (SSSR count). The second-order valence-electron chi connectivity index (χ2n) is 5.62. The molecule has 0 aliphatic rings. The number of ether oxygens (including phenoxy) is 2. The maximum absolute atomic E-state index is 12.1. The Bertz CT molecular complexity index is 842. The van der Waals surface area contributed by atoms with Gasteiger partial charge >= 0.3 is 5.97 Å². The number of primary amides is 1. The Kier molecular flexibility index (Phi) is 6.71. The Morgan fingerprint density at radius 3 is 2.22 bits per heavy atom. The number of methoxy groups -OCH3 is 1. The van der Waals surface area contributed by atoms with Gasteiger partial charge in [0.1, 0.15) is 5.75 Å². The minimum absolute atomic E-state index is 0.330. The Labute approximate surface area is 156 Å². The summed E-state index contributed by atoms with van der Waals surface area (Å²) in [6, 6.07) is 13.2. The average Bonchev–Trinajstić information content (AvgIpc) is 2.67. The first-order chi connectivity index (χ1) is 12.9. The smallest absolute Gasteiger partial charge is 0.331 e. The van der Waals surface area contributed by atoms with E-state index in [1.54, 1.807) is 37.5 Å². The van der Waals surface area contributed by atoms with E-state index in [9.17, 15) is 14.4 Å². The van der Waals surface area contributed by atoms with Crippen LogP contribution in [0.4, 0.5) is 5.69 Å². The van der Waals surface area contributed by atoms with Crippen LogP contribution >= 0.6 is 0 Å². The summed E-state index contributed by atoms with van der Waals surface area (Å²) in [7, 11) is 1.57. The predicted molar refractivity (Wildman–Crippen MR) is 101 cm³/mol. The van der Waals surface area contributed by atoms with Crippen molar-refractivity contribution < 1.29 is 23.9 Å². The van der Waals surface area contributed by atoms with Gasteiger partial charge in [-0.2, -0.15) is 0 Å². The van der Waals surface area contributed by atoms with E-state index < -0.39 is 23.9 Å². The minimum Gasteiger partial charge on any atom is -0.497 e. The molecule has 7 heteroatoms.